The number of anilines is 3. The van der Waals surface area contributed by atoms with Crippen molar-refractivity contribution in [2.45, 2.75) is 41.5 Å². The molecular weight excluding hydrogens is 530 g/mol. The monoisotopic (exact) mass is 574 g/mol. The Balaban J connectivity index is 2.42. The molecule has 0 fully saturated rings. The number of nitrogens with zero attached hydrogens (tertiary/aromatic N) is 3. The fourth-order valence-corrected chi connectivity index (χ4v) is 13.1. The van der Waals surface area contributed by atoms with E-state index in [9.17, 15) is 0 Å². The van der Waals surface area contributed by atoms with Gasteiger partial charge in [-0.2, -0.15) is 0 Å². The normalized spacial score (nSPS) is 11.2. The van der Waals surface area contributed by atoms with Crippen LogP contribution >= 0.6 is 0 Å². The van der Waals surface area contributed by atoms with Gasteiger partial charge in [-0.25, -0.2) is 0 Å². The van der Waals surface area contributed by atoms with Gasteiger partial charge in [0.1, 0.15) is 0 Å². The first kappa shape index (κ1) is 26.5. The Morgan fingerprint density at radius 3 is 0.706 bits per heavy atom. The van der Waals surface area contributed by atoms with Crippen LogP contribution in [0.2, 0.25) is 0 Å². The Kier molecular flexibility index (Phi) is 7.96. The average Bonchev–Trinajstić information content (AvgIpc) is 2.71. The Labute approximate surface area is 215 Å². The predicted octanol–water partition coefficient (Wildman–Crippen LogP) is 4.25. The van der Waals surface area contributed by atoms with E-state index in [1.165, 1.54) is 50.4 Å². The number of hydrogen-bond donors (Lipinski definition) is 0. The van der Waals surface area contributed by atoms with Crippen LogP contribution in [0.15, 0.2) is 36.4 Å². The van der Waals surface area contributed by atoms with Crippen LogP contribution < -0.4 is 25.5 Å². The predicted molar refractivity (Wildman–Crippen MR) is 155 cm³/mol. The number of aryl methyl sites for hydroxylation is 6. The average molecular weight is 572 g/mol. The van der Waals surface area contributed by atoms with Crippen molar-refractivity contribution in [2.75, 3.05) is 57.0 Å². The number of hydrogen-bond acceptors (Lipinski definition) is 3. The van der Waals surface area contributed by atoms with Crippen LogP contribution in [0.5, 0.6) is 0 Å². The molecule has 0 spiro atoms. The van der Waals surface area contributed by atoms with E-state index in [1.807, 2.05) is 0 Å². The summed E-state index contributed by atoms with van der Waals surface area (Å²) < 4.78 is 4.80. The van der Waals surface area contributed by atoms with E-state index >= 15 is 0 Å². The minimum absolute atomic E-state index is 1.28. The third-order valence-corrected chi connectivity index (χ3v) is 15.5. The molecule has 0 saturated heterocycles. The topological polar surface area (TPSA) is 9.72 Å². The first-order valence-electron chi connectivity index (χ1n) is 11.9. The zero-order valence-electron chi connectivity index (χ0n) is 23.2. The fraction of sp³-hybridized carbons (Fsp3) is 0.400. The van der Waals surface area contributed by atoms with Crippen molar-refractivity contribution in [1.29, 1.82) is 0 Å². The van der Waals surface area contributed by atoms with Gasteiger partial charge in [-0.15, -0.1) is 0 Å². The second-order valence-corrected chi connectivity index (χ2v) is 15.5. The van der Waals surface area contributed by atoms with Gasteiger partial charge in [-0.1, -0.05) is 0 Å². The van der Waals surface area contributed by atoms with Crippen LogP contribution in [0.1, 0.15) is 33.4 Å². The molecule has 3 nitrogen and oxygen atoms in total. The molecule has 3 rings (SSSR count). The zero-order chi connectivity index (χ0) is 25.5. The summed E-state index contributed by atoms with van der Waals surface area (Å²) in [6.45, 7) is 13.9. The van der Waals surface area contributed by atoms with Gasteiger partial charge in [-0.05, 0) is 0 Å². The third-order valence-electron chi connectivity index (χ3n) is 6.50. The summed E-state index contributed by atoms with van der Waals surface area (Å²) in [4.78, 5) is 6.65. The maximum absolute atomic E-state index is 2.38. The SMILES string of the molecule is Cc1cc(N(C)C)cc(C)c1[Te+](c1c(C)cc(N(C)C)cc1C)c1c(C)cc(N(C)C)cc1C. The summed E-state index contributed by atoms with van der Waals surface area (Å²) in [5.74, 6) is 0. The van der Waals surface area contributed by atoms with Gasteiger partial charge in [-0.3, -0.25) is 0 Å². The Bertz CT molecular complexity index is 988. The van der Waals surface area contributed by atoms with Crippen LogP contribution in [0.4, 0.5) is 17.1 Å². The van der Waals surface area contributed by atoms with Crippen LogP contribution in [0.3, 0.4) is 0 Å². The molecule has 4 heteroatoms. The van der Waals surface area contributed by atoms with Crippen molar-refractivity contribution in [3.05, 3.63) is 69.8 Å². The molecule has 0 bridgehead atoms. The van der Waals surface area contributed by atoms with E-state index in [0.29, 0.717) is 0 Å². The van der Waals surface area contributed by atoms with E-state index in [4.69, 9.17) is 0 Å². The van der Waals surface area contributed by atoms with E-state index in [0.717, 1.165) is 0 Å². The second kappa shape index (κ2) is 10.2. The van der Waals surface area contributed by atoms with Crippen molar-refractivity contribution >= 4 is 47.4 Å². The van der Waals surface area contributed by atoms with Crippen molar-refractivity contribution in [1.82, 2.24) is 0 Å². The molecule has 0 N–H and O–H groups in total. The third kappa shape index (κ3) is 5.09. The minimum atomic E-state index is -2.19. The summed E-state index contributed by atoms with van der Waals surface area (Å²) in [5, 5.41) is 0. The quantitative estimate of drug-likeness (QED) is 0.410. The molecule has 0 atom stereocenters. The van der Waals surface area contributed by atoms with Crippen LogP contribution in [-0.4, -0.2) is 61.8 Å². The Morgan fingerprint density at radius 2 is 0.559 bits per heavy atom. The number of benzene rings is 3. The van der Waals surface area contributed by atoms with E-state index in [2.05, 4.69) is 135 Å². The van der Waals surface area contributed by atoms with Crippen LogP contribution in [-0.2, 0) is 0 Å². The van der Waals surface area contributed by atoms with Gasteiger partial charge in [0.05, 0.1) is 0 Å². The van der Waals surface area contributed by atoms with Gasteiger partial charge in [0.15, 0.2) is 0 Å². The molecule has 3 aromatic rings. The molecule has 0 saturated carbocycles. The molecule has 0 unspecified atom stereocenters. The van der Waals surface area contributed by atoms with Gasteiger partial charge >= 0.3 is 216 Å². The molecule has 0 heterocycles. The molecule has 0 aliphatic heterocycles. The first-order chi connectivity index (χ1) is 15.8. The van der Waals surface area contributed by atoms with Gasteiger partial charge in [0, 0.05) is 0 Å². The molecule has 182 valence electrons. The molecule has 0 aliphatic rings. The number of rotatable bonds is 6. The van der Waals surface area contributed by atoms with Crippen molar-refractivity contribution in [3.8, 4) is 0 Å². The summed E-state index contributed by atoms with van der Waals surface area (Å²) >= 11 is -2.19. The van der Waals surface area contributed by atoms with Crippen LogP contribution in [0, 0.1) is 41.5 Å². The summed E-state index contributed by atoms with van der Waals surface area (Å²) in [7, 11) is 12.8. The Hall–Kier alpha value is -2.15. The molecule has 34 heavy (non-hydrogen) atoms. The van der Waals surface area contributed by atoms with E-state index in [1.54, 1.807) is 10.8 Å². The summed E-state index contributed by atoms with van der Waals surface area (Å²) in [6.07, 6.45) is 0. The molecular formula is C30H42N3Te+. The Morgan fingerprint density at radius 1 is 0.382 bits per heavy atom. The van der Waals surface area contributed by atoms with Gasteiger partial charge in [0.25, 0.3) is 0 Å². The van der Waals surface area contributed by atoms with Crippen molar-refractivity contribution < 1.29 is 0 Å². The molecule has 0 amide bonds. The van der Waals surface area contributed by atoms with Crippen LogP contribution in [0.25, 0.3) is 0 Å². The van der Waals surface area contributed by atoms with Gasteiger partial charge in [0.2, 0.25) is 0 Å². The summed E-state index contributed by atoms with van der Waals surface area (Å²) in [6, 6.07) is 14.3. The van der Waals surface area contributed by atoms with Crippen molar-refractivity contribution in [2.24, 2.45) is 0 Å². The standard InChI is InChI=1S/C30H42N3Te/c1-19-13-25(31(7)8)14-20(2)28(19)34(29-21(3)15-26(32(9)10)16-22(29)4)30-23(5)17-27(33(11)12)18-24(30)6/h13-18H,1-12H3/q+1. The molecule has 0 aliphatic carbocycles. The van der Waals surface area contributed by atoms with E-state index < -0.39 is 19.6 Å². The zero-order valence-corrected chi connectivity index (χ0v) is 25.5. The second-order valence-electron chi connectivity index (χ2n) is 10.2. The van der Waals surface area contributed by atoms with Gasteiger partial charge < -0.3 is 0 Å². The molecule has 0 aromatic heterocycles. The van der Waals surface area contributed by atoms with Crippen molar-refractivity contribution in [3.63, 3.8) is 0 Å². The molecule has 3 aromatic carbocycles. The maximum atomic E-state index is 2.38. The molecule has 0 radical (unpaired) electrons. The summed E-state index contributed by atoms with van der Waals surface area (Å²) in [5.41, 5.74) is 12.4. The first-order valence-corrected chi connectivity index (χ1v) is 15.4. The van der Waals surface area contributed by atoms with E-state index in [-0.39, 0.29) is 0 Å². The fourth-order valence-electron chi connectivity index (χ4n) is 4.83.